The number of hydrogen-bond donors (Lipinski definition) is 0. The van der Waals surface area contributed by atoms with Gasteiger partial charge >= 0.3 is 0 Å². The number of hydrogen-bond acceptors (Lipinski definition) is 3. The molecule has 0 saturated carbocycles. The molecule has 3 nitrogen and oxygen atoms in total. The van der Waals surface area contributed by atoms with Crippen LogP contribution in [0, 0.1) is 6.92 Å². The first-order chi connectivity index (χ1) is 12.2. The number of para-hydroxylation sites is 1. The Morgan fingerprint density at radius 2 is 1.64 bits per heavy atom. The fourth-order valence-corrected chi connectivity index (χ4v) is 3.25. The molecule has 2 rings (SSSR count). The summed E-state index contributed by atoms with van der Waals surface area (Å²) >= 11 is 0. The fraction of sp³-hybridized carbons (Fsp3) is 0.545. The van der Waals surface area contributed by atoms with E-state index in [0.717, 1.165) is 36.3 Å². The van der Waals surface area contributed by atoms with Crippen LogP contribution in [0.3, 0.4) is 0 Å². The minimum atomic E-state index is 0.428. The molecule has 0 N–H and O–H groups in total. The lowest BCUT2D eigenvalue weighted by atomic mass is 9.93. The topological polar surface area (TPSA) is 35.0 Å². The van der Waals surface area contributed by atoms with E-state index in [4.69, 9.17) is 4.74 Å². The maximum atomic E-state index is 6.33. The molecule has 3 heteroatoms. The molecule has 0 radical (unpaired) electrons. The van der Waals surface area contributed by atoms with Gasteiger partial charge in [-0.25, -0.2) is 4.98 Å². The average Bonchev–Trinajstić information content (AvgIpc) is 2.64. The van der Waals surface area contributed by atoms with Gasteiger partial charge in [-0.3, -0.25) is 4.98 Å². The van der Waals surface area contributed by atoms with E-state index >= 15 is 0 Å². The first-order valence-electron chi connectivity index (χ1n) is 9.78. The van der Waals surface area contributed by atoms with Crippen molar-refractivity contribution in [3.05, 3.63) is 47.4 Å². The maximum absolute atomic E-state index is 6.33. The van der Waals surface area contributed by atoms with Crippen LogP contribution in [0.2, 0.25) is 0 Å². The van der Waals surface area contributed by atoms with Crippen LogP contribution in [0.5, 0.6) is 11.6 Å². The molecule has 25 heavy (non-hydrogen) atoms. The van der Waals surface area contributed by atoms with E-state index in [-0.39, 0.29) is 0 Å². The average molecular weight is 341 g/mol. The van der Waals surface area contributed by atoms with Gasteiger partial charge in [0.25, 0.3) is 0 Å². The Kier molecular flexibility index (Phi) is 7.90. The van der Waals surface area contributed by atoms with Gasteiger partial charge in [-0.2, -0.15) is 0 Å². The highest BCUT2D eigenvalue weighted by Gasteiger charge is 2.20. The third kappa shape index (κ3) is 5.29. The maximum Gasteiger partial charge on any atom is 0.241 e. The highest BCUT2D eigenvalue weighted by molar-refractivity contribution is 5.43. The van der Waals surface area contributed by atoms with E-state index in [1.54, 1.807) is 12.4 Å². The Labute approximate surface area is 152 Å². The van der Waals surface area contributed by atoms with Crippen molar-refractivity contribution in [2.45, 2.75) is 78.6 Å². The molecule has 2 aromatic rings. The summed E-state index contributed by atoms with van der Waals surface area (Å²) in [6.45, 7) is 8.73. The number of unbranched alkanes of at least 4 members (excludes halogenated alkanes) is 2. The van der Waals surface area contributed by atoms with E-state index in [9.17, 15) is 0 Å². The van der Waals surface area contributed by atoms with Gasteiger partial charge in [0.05, 0.1) is 0 Å². The summed E-state index contributed by atoms with van der Waals surface area (Å²) in [5.74, 6) is 2.05. The first kappa shape index (κ1) is 19.4. The number of aromatic nitrogens is 2. The second-order valence-corrected chi connectivity index (χ2v) is 6.75. The standard InChI is InChI=1S/C22H32N2O/c1-5-8-12-19(13-9-6-2)20-22(24-16-15-23-20)25-21-17(4)11-10-14-18(21)7-3/h10-11,14-16,19H,5-9,12-13H2,1-4H3. The molecule has 0 unspecified atom stereocenters. The quantitative estimate of drug-likeness (QED) is 0.488. The minimum absolute atomic E-state index is 0.428. The Hall–Kier alpha value is -1.90. The number of ether oxygens (including phenoxy) is 1. The zero-order chi connectivity index (χ0) is 18.1. The molecule has 0 aliphatic heterocycles. The molecule has 0 amide bonds. The SMILES string of the molecule is CCCCC(CCCC)c1nccnc1Oc1c(C)cccc1CC. The Morgan fingerprint density at radius 3 is 2.28 bits per heavy atom. The van der Waals surface area contributed by atoms with Crippen LogP contribution in [0.4, 0.5) is 0 Å². The van der Waals surface area contributed by atoms with Crippen LogP contribution in [-0.4, -0.2) is 9.97 Å². The van der Waals surface area contributed by atoms with E-state index in [1.807, 2.05) is 0 Å². The highest BCUT2D eigenvalue weighted by atomic mass is 16.5. The van der Waals surface area contributed by atoms with Crippen molar-refractivity contribution >= 4 is 0 Å². The zero-order valence-electron chi connectivity index (χ0n) is 16.2. The summed E-state index contributed by atoms with van der Waals surface area (Å²) < 4.78 is 6.33. The van der Waals surface area contributed by atoms with Crippen molar-refractivity contribution in [2.75, 3.05) is 0 Å². The number of aryl methyl sites for hydroxylation is 2. The summed E-state index contributed by atoms with van der Waals surface area (Å²) in [4.78, 5) is 9.22. The molecule has 1 heterocycles. The lowest BCUT2D eigenvalue weighted by molar-refractivity contribution is 0.422. The predicted molar refractivity (Wildman–Crippen MR) is 104 cm³/mol. The molecular formula is C22H32N2O. The van der Waals surface area contributed by atoms with Crippen molar-refractivity contribution < 1.29 is 4.74 Å². The Balaban J connectivity index is 2.33. The van der Waals surface area contributed by atoms with Gasteiger partial charge in [-0.05, 0) is 37.3 Å². The van der Waals surface area contributed by atoms with Gasteiger partial charge in [0.15, 0.2) is 0 Å². The summed E-state index contributed by atoms with van der Waals surface area (Å²) in [5.41, 5.74) is 3.39. The smallest absolute Gasteiger partial charge is 0.241 e. The van der Waals surface area contributed by atoms with E-state index in [2.05, 4.69) is 55.9 Å². The number of nitrogens with zero attached hydrogens (tertiary/aromatic N) is 2. The molecule has 0 aliphatic carbocycles. The van der Waals surface area contributed by atoms with E-state index in [1.165, 1.54) is 31.2 Å². The van der Waals surface area contributed by atoms with Crippen molar-refractivity contribution in [2.24, 2.45) is 0 Å². The Bertz CT molecular complexity index is 646. The summed E-state index contributed by atoms with van der Waals surface area (Å²) in [7, 11) is 0. The molecule has 0 atom stereocenters. The van der Waals surface area contributed by atoms with Crippen LogP contribution in [-0.2, 0) is 6.42 Å². The lowest BCUT2D eigenvalue weighted by Gasteiger charge is -2.19. The van der Waals surface area contributed by atoms with E-state index in [0.29, 0.717) is 11.8 Å². The number of rotatable bonds is 10. The van der Waals surface area contributed by atoms with Crippen LogP contribution in [0.15, 0.2) is 30.6 Å². The second kappa shape index (κ2) is 10.2. The molecule has 1 aromatic heterocycles. The Morgan fingerprint density at radius 1 is 0.960 bits per heavy atom. The van der Waals surface area contributed by atoms with Crippen LogP contribution < -0.4 is 4.74 Å². The molecule has 0 aliphatic rings. The van der Waals surface area contributed by atoms with Gasteiger partial charge in [0.1, 0.15) is 11.4 Å². The second-order valence-electron chi connectivity index (χ2n) is 6.75. The zero-order valence-corrected chi connectivity index (χ0v) is 16.2. The van der Waals surface area contributed by atoms with Gasteiger partial charge in [0, 0.05) is 18.3 Å². The van der Waals surface area contributed by atoms with Gasteiger partial charge < -0.3 is 4.74 Å². The van der Waals surface area contributed by atoms with Gasteiger partial charge in [0.2, 0.25) is 5.88 Å². The molecule has 0 saturated heterocycles. The van der Waals surface area contributed by atoms with Crippen molar-refractivity contribution in [3.8, 4) is 11.6 Å². The lowest BCUT2D eigenvalue weighted by Crippen LogP contribution is -2.07. The monoisotopic (exact) mass is 340 g/mol. The third-order valence-corrected chi connectivity index (χ3v) is 4.76. The van der Waals surface area contributed by atoms with Crippen molar-refractivity contribution in [3.63, 3.8) is 0 Å². The largest absolute Gasteiger partial charge is 0.437 e. The summed E-state index contributed by atoms with van der Waals surface area (Å²) in [6, 6.07) is 6.31. The molecule has 0 fully saturated rings. The molecular weight excluding hydrogens is 308 g/mol. The summed E-state index contributed by atoms with van der Waals surface area (Å²) in [5, 5.41) is 0. The van der Waals surface area contributed by atoms with Crippen LogP contribution in [0.1, 0.15) is 82.0 Å². The predicted octanol–water partition coefficient (Wildman–Crippen LogP) is 6.60. The van der Waals surface area contributed by atoms with E-state index < -0.39 is 0 Å². The van der Waals surface area contributed by atoms with Crippen molar-refractivity contribution in [1.29, 1.82) is 0 Å². The number of benzene rings is 1. The minimum Gasteiger partial charge on any atom is -0.437 e. The van der Waals surface area contributed by atoms with Gasteiger partial charge in [-0.1, -0.05) is 64.7 Å². The first-order valence-corrected chi connectivity index (χ1v) is 9.78. The summed E-state index contributed by atoms with van der Waals surface area (Å²) in [6.07, 6.45) is 11.6. The van der Waals surface area contributed by atoms with Crippen molar-refractivity contribution in [1.82, 2.24) is 9.97 Å². The van der Waals surface area contributed by atoms with Crippen LogP contribution in [0.25, 0.3) is 0 Å². The van der Waals surface area contributed by atoms with Crippen LogP contribution >= 0.6 is 0 Å². The normalized spacial score (nSPS) is 11.1. The molecule has 0 spiro atoms. The highest BCUT2D eigenvalue weighted by Crippen LogP contribution is 2.35. The molecule has 1 aromatic carbocycles. The third-order valence-electron chi connectivity index (χ3n) is 4.76. The molecule has 136 valence electrons. The van der Waals surface area contributed by atoms with Gasteiger partial charge in [-0.15, -0.1) is 0 Å². The molecule has 0 bridgehead atoms. The fourth-order valence-electron chi connectivity index (χ4n) is 3.25.